The number of ether oxygens (including phenoxy) is 1. The zero-order valence-electron chi connectivity index (χ0n) is 13.8. The van der Waals surface area contributed by atoms with E-state index in [4.69, 9.17) is 9.72 Å². The molecule has 0 N–H and O–H groups in total. The summed E-state index contributed by atoms with van der Waals surface area (Å²) < 4.78 is 8.01. The van der Waals surface area contributed by atoms with Gasteiger partial charge in [-0.15, -0.1) is 11.8 Å². The Balaban J connectivity index is 1.66. The molecule has 0 bridgehead atoms. The number of hydrogen-bond donors (Lipinski definition) is 0. The van der Waals surface area contributed by atoms with Crippen molar-refractivity contribution in [2.75, 3.05) is 6.26 Å². The first-order chi connectivity index (χ1) is 12.3. The quantitative estimate of drug-likeness (QED) is 0.491. The lowest BCUT2D eigenvalue weighted by molar-refractivity contribution is 0.306. The highest BCUT2D eigenvalue weighted by Crippen LogP contribution is 2.29. The molecule has 2 aromatic carbocycles. The summed E-state index contributed by atoms with van der Waals surface area (Å²) in [5.41, 5.74) is 3.18. The van der Waals surface area contributed by atoms with E-state index >= 15 is 0 Å². The van der Waals surface area contributed by atoms with Gasteiger partial charge in [-0.2, -0.15) is 0 Å². The third-order valence-corrected chi connectivity index (χ3v) is 4.63. The Morgan fingerprint density at radius 2 is 1.96 bits per heavy atom. The summed E-state index contributed by atoms with van der Waals surface area (Å²) in [6, 6.07) is 18.2. The molecule has 0 aliphatic rings. The molecule has 2 aromatic heterocycles. The highest BCUT2D eigenvalue weighted by Gasteiger charge is 2.12. The minimum atomic E-state index is 0.548. The highest BCUT2D eigenvalue weighted by atomic mass is 32.2. The third kappa shape index (κ3) is 3.23. The Kier molecular flexibility index (Phi) is 4.39. The van der Waals surface area contributed by atoms with E-state index in [0.717, 1.165) is 33.2 Å². The average molecular weight is 347 g/mol. The van der Waals surface area contributed by atoms with E-state index in [1.165, 1.54) is 0 Å². The second kappa shape index (κ2) is 6.99. The van der Waals surface area contributed by atoms with Gasteiger partial charge >= 0.3 is 0 Å². The van der Waals surface area contributed by atoms with Gasteiger partial charge in [-0.25, -0.2) is 4.98 Å². The molecule has 25 heavy (non-hydrogen) atoms. The van der Waals surface area contributed by atoms with E-state index in [1.807, 2.05) is 55.0 Å². The fourth-order valence-corrected chi connectivity index (χ4v) is 3.27. The van der Waals surface area contributed by atoms with Crippen LogP contribution in [0.15, 0.2) is 78.2 Å². The molecule has 0 unspecified atom stereocenters. The lowest BCUT2D eigenvalue weighted by Crippen LogP contribution is -1.95. The number of hydrogen-bond acceptors (Lipinski definition) is 4. The first-order valence-electron chi connectivity index (χ1n) is 7.98. The van der Waals surface area contributed by atoms with Gasteiger partial charge in [0.05, 0.1) is 11.7 Å². The topological polar surface area (TPSA) is 39.4 Å². The molecule has 0 spiro atoms. The van der Waals surface area contributed by atoms with Crippen molar-refractivity contribution >= 4 is 17.3 Å². The Morgan fingerprint density at radius 3 is 2.80 bits per heavy atom. The van der Waals surface area contributed by atoms with Crippen LogP contribution in [0.5, 0.6) is 5.75 Å². The van der Waals surface area contributed by atoms with Gasteiger partial charge in [-0.1, -0.05) is 42.5 Å². The number of aromatic nitrogens is 3. The van der Waals surface area contributed by atoms with Gasteiger partial charge in [0.1, 0.15) is 23.2 Å². The second-order valence-corrected chi connectivity index (χ2v) is 6.37. The predicted octanol–water partition coefficient (Wildman–Crippen LogP) is 4.70. The normalized spacial score (nSPS) is 10.9. The summed E-state index contributed by atoms with van der Waals surface area (Å²) in [7, 11) is 0. The standard InChI is InChI=1S/C20H17N3OS/c1-25-20-18-13-21-10-11-23(18)19(22-20)16-8-5-9-17(12-16)24-14-15-6-3-2-4-7-15/h2-13H,14H2,1H3. The van der Waals surface area contributed by atoms with Crippen molar-refractivity contribution in [2.24, 2.45) is 0 Å². The molecule has 4 nitrogen and oxygen atoms in total. The molecule has 0 atom stereocenters. The largest absolute Gasteiger partial charge is 0.489 e. The van der Waals surface area contributed by atoms with Gasteiger partial charge in [-0.05, 0) is 24.0 Å². The lowest BCUT2D eigenvalue weighted by atomic mass is 10.2. The molecule has 0 saturated heterocycles. The number of rotatable bonds is 5. The maximum absolute atomic E-state index is 5.94. The fourth-order valence-electron chi connectivity index (χ4n) is 2.73. The molecule has 0 fully saturated rings. The molecule has 0 aliphatic carbocycles. The van der Waals surface area contributed by atoms with Crippen molar-refractivity contribution in [2.45, 2.75) is 11.6 Å². The Morgan fingerprint density at radius 1 is 1.08 bits per heavy atom. The van der Waals surface area contributed by atoms with Crippen molar-refractivity contribution in [1.29, 1.82) is 0 Å². The van der Waals surface area contributed by atoms with Crippen LogP contribution in [-0.2, 0) is 6.61 Å². The van der Waals surface area contributed by atoms with Crippen LogP contribution in [-0.4, -0.2) is 20.6 Å². The van der Waals surface area contributed by atoms with Crippen LogP contribution in [0, 0.1) is 0 Å². The van der Waals surface area contributed by atoms with Crippen LogP contribution < -0.4 is 4.74 Å². The predicted molar refractivity (Wildman–Crippen MR) is 101 cm³/mol. The number of imidazole rings is 1. The van der Waals surface area contributed by atoms with Gasteiger partial charge in [0, 0.05) is 18.0 Å². The molecule has 0 aliphatic heterocycles. The number of benzene rings is 2. The van der Waals surface area contributed by atoms with Crippen LogP contribution in [0.1, 0.15) is 5.56 Å². The number of fused-ring (bicyclic) bond motifs is 1. The molecular formula is C20H17N3OS. The Labute approximate surface area is 150 Å². The van der Waals surface area contributed by atoms with Gasteiger partial charge in [0.15, 0.2) is 0 Å². The number of thioether (sulfide) groups is 1. The summed E-state index contributed by atoms with van der Waals surface area (Å²) >= 11 is 1.62. The second-order valence-electron chi connectivity index (χ2n) is 5.58. The average Bonchev–Trinajstić information content (AvgIpc) is 3.06. The van der Waals surface area contributed by atoms with Crippen molar-refractivity contribution < 1.29 is 4.74 Å². The highest BCUT2D eigenvalue weighted by molar-refractivity contribution is 7.98. The van der Waals surface area contributed by atoms with Crippen molar-refractivity contribution in [3.63, 3.8) is 0 Å². The molecule has 5 heteroatoms. The minimum absolute atomic E-state index is 0.548. The summed E-state index contributed by atoms with van der Waals surface area (Å²) in [6.45, 7) is 0.548. The minimum Gasteiger partial charge on any atom is -0.489 e. The third-order valence-electron chi connectivity index (χ3n) is 3.95. The first-order valence-corrected chi connectivity index (χ1v) is 9.21. The zero-order valence-corrected chi connectivity index (χ0v) is 14.6. The molecular weight excluding hydrogens is 330 g/mol. The van der Waals surface area contributed by atoms with E-state index in [2.05, 4.69) is 27.6 Å². The van der Waals surface area contributed by atoms with E-state index in [1.54, 1.807) is 18.0 Å². The monoisotopic (exact) mass is 347 g/mol. The fraction of sp³-hybridized carbons (Fsp3) is 0.100. The maximum Gasteiger partial charge on any atom is 0.146 e. The molecule has 124 valence electrons. The molecule has 4 rings (SSSR count). The van der Waals surface area contributed by atoms with Crippen molar-refractivity contribution in [1.82, 2.24) is 14.4 Å². The van der Waals surface area contributed by atoms with E-state index in [9.17, 15) is 0 Å². The van der Waals surface area contributed by atoms with E-state index < -0.39 is 0 Å². The van der Waals surface area contributed by atoms with Crippen LogP contribution >= 0.6 is 11.8 Å². The molecule has 0 saturated carbocycles. The summed E-state index contributed by atoms with van der Waals surface area (Å²) in [6.07, 6.45) is 7.59. The lowest BCUT2D eigenvalue weighted by Gasteiger charge is -2.08. The Bertz CT molecular complexity index is 998. The van der Waals surface area contributed by atoms with E-state index in [-0.39, 0.29) is 0 Å². The van der Waals surface area contributed by atoms with Gasteiger partial charge in [0.2, 0.25) is 0 Å². The van der Waals surface area contributed by atoms with Crippen molar-refractivity contribution in [3.8, 4) is 17.1 Å². The van der Waals surface area contributed by atoms with Crippen LogP contribution in [0.3, 0.4) is 0 Å². The van der Waals surface area contributed by atoms with Gasteiger partial charge in [0.25, 0.3) is 0 Å². The molecule has 0 radical (unpaired) electrons. The maximum atomic E-state index is 5.94. The molecule has 4 aromatic rings. The number of nitrogens with zero attached hydrogens (tertiary/aromatic N) is 3. The Hall–Kier alpha value is -2.79. The zero-order chi connectivity index (χ0) is 17.1. The van der Waals surface area contributed by atoms with Crippen LogP contribution in [0.4, 0.5) is 0 Å². The summed E-state index contributed by atoms with van der Waals surface area (Å²) in [5.74, 6) is 1.73. The first kappa shape index (κ1) is 15.7. The van der Waals surface area contributed by atoms with Crippen LogP contribution in [0.2, 0.25) is 0 Å². The van der Waals surface area contributed by atoms with Gasteiger partial charge in [-0.3, -0.25) is 9.38 Å². The van der Waals surface area contributed by atoms with Gasteiger partial charge < -0.3 is 4.74 Å². The molecule has 0 amide bonds. The van der Waals surface area contributed by atoms with Crippen LogP contribution in [0.25, 0.3) is 16.9 Å². The van der Waals surface area contributed by atoms with Crippen molar-refractivity contribution in [3.05, 3.63) is 78.8 Å². The molecule has 2 heterocycles. The summed E-state index contributed by atoms with van der Waals surface area (Å²) in [4.78, 5) is 8.98. The SMILES string of the molecule is CSc1nc(-c2cccc(OCc3ccccc3)c2)n2ccncc12. The smallest absolute Gasteiger partial charge is 0.146 e. The van der Waals surface area contributed by atoms with E-state index in [0.29, 0.717) is 6.61 Å². The summed E-state index contributed by atoms with van der Waals surface area (Å²) in [5, 5.41) is 0.971.